The molecule has 31 heavy (non-hydrogen) atoms. The van der Waals surface area contributed by atoms with E-state index in [1.54, 1.807) is 18.0 Å². The predicted molar refractivity (Wildman–Crippen MR) is 112 cm³/mol. The average molecular weight is 434 g/mol. The third-order valence-corrected chi connectivity index (χ3v) is 5.16. The third-order valence-electron chi connectivity index (χ3n) is 5.16. The molecule has 0 aliphatic carbocycles. The van der Waals surface area contributed by atoms with Gasteiger partial charge in [-0.2, -0.15) is 0 Å². The number of amides is 1. The Morgan fingerprint density at radius 3 is 2.71 bits per heavy atom. The number of aliphatic hydroxyl groups excluding tert-OH is 2. The first kappa shape index (κ1) is 23.3. The summed E-state index contributed by atoms with van der Waals surface area (Å²) in [5, 5.41) is 31.6. The Morgan fingerprint density at radius 2 is 1.97 bits per heavy atom. The average Bonchev–Trinajstić information content (AvgIpc) is 3.28. The molecule has 3 rings (SSSR count). The fourth-order valence-corrected chi connectivity index (χ4v) is 3.60. The van der Waals surface area contributed by atoms with Crippen LogP contribution in [0.25, 0.3) is 0 Å². The zero-order chi connectivity index (χ0) is 22.2. The molecule has 3 N–H and O–H groups in total. The van der Waals surface area contributed by atoms with Crippen molar-refractivity contribution < 1.29 is 24.5 Å². The summed E-state index contributed by atoms with van der Waals surface area (Å²) in [5.74, 6) is -0.265. The maximum atomic E-state index is 12.0. The number of nitrogens with zero attached hydrogens (tertiary/aromatic N) is 4. The summed E-state index contributed by atoms with van der Waals surface area (Å²) in [5.41, 5.74) is 2.01. The molecule has 10 heteroatoms. The lowest BCUT2D eigenvalue weighted by molar-refractivity contribution is -0.125. The van der Waals surface area contributed by atoms with E-state index in [1.165, 1.54) is 5.56 Å². The minimum absolute atomic E-state index is 0.0364. The highest BCUT2D eigenvalue weighted by Gasteiger charge is 2.43. The Morgan fingerprint density at radius 1 is 1.23 bits per heavy atom. The van der Waals surface area contributed by atoms with E-state index >= 15 is 0 Å². The normalized spacial score (nSPS) is 23.4. The smallest absolute Gasteiger partial charge is 0.222 e. The number of nitrogens with one attached hydrogen (secondary N) is 1. The van der Waals surface area contributed by atoms with Crippen LogP contribution in [0.1, 0.15) is 17.7 Å². The number of ether oxygens (including phenoxy) is 2. The van der Waals surface area contributed by atoms with Gasteiger partial charge in [0.05, 0.1) is 31.4 Å². The minimum Gasteiger partial charge on any atom is -0.388 e. The molecule has 1 aliphatic heterocycles. The van der Waals surface area contributed by atoms with Gasteiger partial charge < -0.3 is 25.0 Å². The summed E-state index contributed by atoms with van der Waals surface area (Å²) in [4.78, 5) is 14.1. The summed E-state index contributed by atoms with van der Waals surface area (Å²) in [6.07, 6.45) is -1.94. The van der Waals surface area contributed by atoms with Crippen LogP contribution in [0.5, 0.6) is 0 Å². The Labute approximate surface area is 181 Å². The Hall–Kier alpha value is -2.37. The van der Waals surface area contributed by atoms with Crippen molar-refractivity contribution in [2.24, 2.45) is 0 Å². The molecule has 1 amide bonds. The molecule has 2 heterocycles. The van der Waals surface area contributed by atoms with Crippen LogP contribution in [0.15, 0.2) is 36.5 Å². The first-order valence-corrected chi connectivity index (χ1v) is 10.3. The van der Waals surface area contributed by atoms with Crippen molar-refractivity contribution in [3.05, 3.63) is 47.8 Å². The number of methoxy groups -OCH3 is 1. The molecule has 0 saturated carbocycles. The Balaban J connectivity index is 1.48. The topological polar surface area (TPSA) is 122 Å². The summed E-state index contributed by atoms with van der Waals surface area (Å²) >= 11 is 0. The number of carbonyl (C=O) groups excluding carboxylic acids is 1. The fourth-order valence-electron chi connectivity index (χ4n) is 3.60. The predicted octanol–water partition coefficient (Wildman–Crippen LogP) is -0.448. The molecule has 1 aliphatic rings. The zero-order valence-electron chi connectivity index (χ0n) is 17.9. The zero-order valence-corrected chi connectivity index (χ0v) is 17.9. The van der Waals surface area contributed by atoms with Gasteiger partial charge in [0.1, 0.15) is 18.3 Å². The van der Waals surface area contributed by atoms with Gasteiger partial charge in [-0.15, -0.1) is 5.10 Å². The van der Waals surface area contributed by atoms with Crippen LogP contribution in [0.3, 0.4) is 0 Å². The highest BCUT2D eigenvalue weighted by atomic mass is 16.5. The maximum Gasteiger partial charge on any atom is 0.222 e. The molecule has 1 saturated heterocycles. The number of hydrogen-bond donors (Lipinski definition) is 3. The summed E-state index contributed by atoms with van der Waals surface area (Å²) in [6, 6.07) is 10.2. The van der Waals surface area contributed by atoms with Gasteiger partial charge in [-0.05, 0) is 12.6 Å². The van der Waals surface area contributed by atoms with E-state index in [2.05, 4.69) is 32.7 Å². The highest BCUT2D eigenvalue weighted by Crippen LogP contribution is 2.24. The molecule has 1 aromatic heterocycles. The van der Waals surface area contributed by atoms with Crippen LogP contribution in [-0.4, -0.2) is 87.7 Å². The Bertz CT molecular complexity index is 818. The molecule has 170 valence electrons. The third kappa shape index (κ3) is 6.81. The second-order valence-electron chi connectivity index (χ2n) is 7.83. The molecule has 0 unspecified atom stereocenters. The molecular formula is C21H31N5O5. The Kier molecular flexibility index (Phi) is 8.50. The van der Waals surface area contributed by atoms with Crippen molar-refractivity contribution in [2.45, 2.75) is 50.5 Å². The van der Waals surface area contributed by atoms with E-state index in [1.807, 2.05) is 25.2 Å². The number of hydrogen-bond acceptors (Lipinski definition) is 8. The molecule has 1 fully saturated rings. The molecule has 0 radical (unpaired) electrons. The van der Waals surface area contributed by atoms with Gasteiger partial charge in [0.25, 0.3) is 0 Å². The van der Waals surface area contributed by atoms with Gasteiger partial charge in [-0.1, -0.05) is 35.5 Å². The van der Waals surface area contributed by atoms with Gasteiger partial charge in [0.2, 0.25) is 5.91 Å². The maximum absolute atomic E-state index is 12.0. The van der Waals surface area contributed by atoms with Crippen molar-refractivity contribution in [2.75, 3.05) is 27.3 Å². The lowest BCUT2D eigenvalue weighted by Gasteiger charge is -2.15. The summed E-state index contributed by atoms with van der Waals surface area (Å²) in [6.45, 7) is 2.43. The van der Waals surface area contributed by atoms with Crippen molar-refractivity contribution in [1.82, 2.24) is 25.2 Å². The van der Waals surface area contributed by atoms with Gasteiger partial charge in [-0.25, -0.2) is 4.68 Å². The van der Waals surface area contributed by atoms with Gasteiger partial charge in [0, 0.05) is 32.9 Å². The van der Waals surface area contributed by atoms with Gasteiger partial charge >= 0.3 is 0 Å². The largest absolute Gasteiger partial charge is 0.388 e. The van der Waals surface area contributed by atoms with E-state index in [-0.39, 0.29) is 18.9 Å². The molecule has 10 nitrogen and oxygen atoms in total. The van der Waals surface area contributed by atoms with Crippen molar-refractivity contribution in [3.8, 4) is 0 Å². The number of benzene rings is 1. The molecular weight excluding hydrogens is 402 g/mol. The van der Waals surface area contributed by atoms with Crippen LogP contribution in [0.4, 0.5) is 0 Å². The monoisotopic (exact) mass is 433 g/mol. The van der Waals surface area contributed by atoms with E-state index < -0.39 is 24.4 Å². The SMILES string of the molecule is COCCNC(=O)C[C@@H]1O[C@H](Cn2cc(CN(C)Cc3ccccc3)nn2)[C@@H](O)[C@H]1O. The molecule has 0 bridgehead atoms. The quantitative estimate of drug-likeness (QED) is 0.408. The number of rotatable bonds is 11. The van der Waals surface area contributed by atoms with Gasteiger partial charge in [-0.3, -0.25) is 9.69 Å². The lowest BCUT2D eigenvalue weighted by atomic mass is 10.1. The summed E-state index contributed by atoms with van der Waals surface area (Å²) in [7, 11) is 3.56. The standard InChI is InChI=1S/C21H31N5O5/c1-25(11-15-6-4-3-5-7-15)12-16-13-26(24-23-16)14-18-21(29)20(28)17(31-18)10-19(27)22-8-9-30-2/h3-7,13,17-18,20-21,28-29H,8-12,14H2,1-2H3,(H,22,27)/t17-,18+,20-,21+/m0/s1. The van der Waals surface area contributed by atoms with E-state index in [9.17, 15) is 15.0 Å². The van der Waals surface area contributed by atoms with Crippen LogP contribution in [-0.2, 0) is 33.9 Å². The summed E-state index contributed by atoms with van der Waals surface area (Å²) < 4.78 is 12.2. The molecule has 4 atom stereocenters. The second kappa shape index (κ2) is 11.3. The van der Waals surface area contributed by atoms with Crippen LogP contribution >= 0.6 is 0 Å². The molecule has 1 aromatic carbocycles. The first-order chi connectivity index (χ1) is 15.0. The van der Waals surface area contributed by atoms with Crippen molar-refractivity contribution in [3.63, 3.8) is 0 Å². The van der Waals surface area contributed by atoms with Crippen LogP contribution < -0.4 is 5.32 Å². The number of aliphatic hydroxyl groups is 2. The van der Waals surface area contributed by atoms with Crippen molar-refractivity contribution >= 4 is 5.91 Å². The van der Waals surface area contributed by atoms with Crippen molar-refractivity contribution in [1.29, 1.82) is 0 Å². The van der Waals surface area contributed by atoms with E-state index in [0.29, 0.717) is 19.7 Å². The molecule has 2 aromatic rings. The van der Waals surface area contributed by atoms with Crippen LogP contribution in [0.2, 0.25) is 0 Å². The second-order valence-corrected chi connectivity index (χ2v) is 7.83. The van der Waals surface area contributed by atoms with E-state index in [0.717, 1.165) is 12.2 Å². The highest BCUT2D eigenvalue weighted by molar-refractivity contribution is 5.76. The molecule has 0 spiro atoms. The van der Waals surface area contributed by atoms with E-state index in [4.69, 9.17) is 9.47 Å². The van der Waals surface area contributed by atoms with Gasteiger partial charge in [0.15, 0.2) is 0 Å². The fraction of sp³-hybridized carbons (Fsp3) is 0.571. The minimum atomic E-state index is -1.14. The number of carbonyl (C=O) groups is 1. The lowest BCUT2D eigenvalue weighted by Crippen LogP contribution is -2.37. The van der Waals surface area contributed by atoms with Crippen LogP contribution in [0, 0.1) is 0 Å². The first-order valence-electron chi connectivity index (χ1n) is 10.3. The number of aromatic nitrogens is 3.